The van der Waals surface area contributed by atoms with E-state index in [9.17, 15) is 0 Å². The molecule has 0 aromatic rings. The van der Waals surface area contributed by atoms with Crippen molar-refractivity contribution in [1.29, 1.82) is 0 Å². The van der Waals surface area contributed by atoms with Crippen molar-refractivity contribution in [2.45, 2.75) is 51.7 Å². The van der Waals surface area contributed by atoms with Gasteiger partial charge < -0.3 is 20.1 Å². The number of hydrogen-bond donors (Lipinski definition) is 1. The van der Waals surface area contributed by atoms with Gasteiger partial charge in [0.15, 0.2) is 0 Å². The average Bonchev–Trinajstić information content (AvgIpc) is 2.41. The predicted octanol–water partition coefficient (Wildman–Crippen LogP) is 1.63. The number of nitrogens with two attached hydrogens (primary N) is 1. The molecule has 0 spiro atoms. The molecule has 1 heterocycles. The number of piperidine rings is 1. The lowest BCUT2D eigenvalue weighted by molar-refractivity contribution is -0.00711. The van der Waals surface area contributed by atoms with Crippen LogP contribution in [0, 0.1) is 0 Å². The van der Waals surface area contributed by atoms with E-state index in [1.807, 2.05) is 6.92 Å². The quantitative estimate of drug-likeness (QED) is 0.683. The Hall–Kier alpha value is -0.160. The molecule has 0 bridgehead atoms. The fourth-order valence-electron chi connectivity index (χ4n) is 2.47. The van der Waals surface area contributed by atoms with Gasteiger partial charge in [0.25, 0.3) is 0 Å². The van der Waals surface area contributed by atoms with Crippen molar-refractivity contribution in [3.05, 3.63) is 0 Å². The van der Waals surface area contributed by atoms with Gasteiger partial charge >= 0.3 is 0 Å². The van der Waals surface area contributed by atoms with E-state index in [0.717, 1.165) is 39.1 Å². The zero-order valence-corrected chi connectivity index (χ0v) is 12.1. The molecule has 2 N–H and O–H groups in total. The van der Waals surface area contributed by atoms with Crippen molar-refractivity contribution in [3.63, 3.8) is 0 Å². The van der Waals surface area contributed by atoms with Gasteiger partial charge in [0, 0.05) is 32.8 Å². The van der Waals surface area contributed by atoms with Crippen molar-refractivity contribution < 1.29 is 9.47 Å². The van der Waals surface area contributed by atoms with Crippen LogP contribution in [0.5, 0.6) is 0 Å². The maximum Gasteiger partial charge on any atom is 0.0709 e. The van der Waals surface area contributed by atoms with Gasteiger partial charge in [-0.05, 0) is 39.2 Å². The highest BCUT2D eigenvalue weighted by Gasteiger charge is 2.20. The van der Waals surface area contributed by atoms with Crippen LogP contribution in [0.15, 0.2) is 0 Å². The summed E-state index contributed by atoms with van der Waals surface area (Å²) in [6.07, 6.45) is 5.24. The van der Waals surface area contributed by atoms with Crippen molar-refractivity contribution in [1.82, 2.24) is 4.90 Å². The Labute approximate surface area is 112 Å². The lowest BCUT2D eigenvalue weighted by Crippen LogP contribution is -2.41. The minimum Gasteiger partial charge on any atom is -0.377 e. The normalized spacial score (nSPS) is 23.2. The molecule has 108 valence electrons. The summed E-state index contributed by atoms with van der Waals surface area (Å²) in [6, 6.07) is 0. The molecule has 1 saturated heterocycles. The summed E-state index contributed by atoms with van der Waals surface area (Å²) in [7, 11) is 0. The average molecular weight is 258 g/mol. The van der Waals surface area contributed by atoms with E-state index in [1.54, 1.807) is 0 Å². The van der Waals surface area contributed by atoms with Crippen molar-refractivity contribution in [2.75, 3.05) is 39.4 Å². The molecule has 0 amide bonds. The largest absolute Gasteiger partial charge is 0.377 e. The van der Waals surface area contributed by atoms with Crippen molar-refractivity contribution >= 4 is 0 Å². The molecular formula is C14H30N2O2. The van der Waals surface area contributed by atoms with Gasteiger partial charge in [0.1, 0.15) is 0 Å². The Morgan fingerprint density at radius 3 is 2.89 bits per heavy atom. The molecule has 0 aromatic carbocycles. The van der Waals surface area contributed by atoms with Gasteiger partial charge in [-0.1, -0.05) is 6.92 Å². The summed E-state index contributed by atoms with van der Waals surface area (Å²) in [5, 5.41) is 0. The molecule has 0 radical (unpaired) electrons. The van der Waals surface area contributed by atoms with Crippen LogP contribution in [0.3, 0.4) is 0 Å². The zero-order valence-electron chi connectivity index (χ0n) is 12.1. The Morgan fingerprint density at radius 1 is 1.39 bits per heavy atom. The molecule has 4 heteroatoms. The molecule has 0 aromatic heterocycles. The Kier molecular flexibility index (Phi) is 8.59. The molecule has 1 aliphatic heterocycles. The third kappa shape index (κ3) is 6.14. The highest BCUT2D eigenvalue weighted by atomic mass is 16.5. The summed E-state index contributed by atoms with van der Waals surface area (Å²) in [5.74, 6) is 0. The van der Waals surface area contributed by atoms with Gasteiger partial charge in [-0.2, -0.15) is 0 Å². The molecule has 1 fully saturated rings. The fourth-order valence-corrected chi connectivity index (χ4v) is 2.47. The van der Waals surface area contributed by atoms with E-state index in [2.05, 4.69) is 11.8 Å². The minimum atomic E-state index is 0.215. The highest BCUT2D eigenvalue weighted by Crippen LogP contribution is 2.14. The van der Waals surface area contributed by atoms with Crippen LogP contribution >= 0.6 is 0 Å². The Bertz CT molecular complexity index is 202. The Balaban J connectivity index is 2.20. The second-order valence-electron chi connectivity index (χ2n) is 5.04. The number of ether oxygens (including phenoxy) is 2. The van der Waals surface area contributed by atoms with Gasteiger partial charge in [-0.3, -0.25) is 0 Å². The summed E-state index contributed by atoms with van der Waals surface area (Å²) in [5.41, 5.74) is 5.70. The van der Waals surface area contributed by atoms with Gasteiger partial charge in [-0.25, -0.2) is 0 Å². The lowest BCUT2D eigenvalue weighted by atomic mass is 10.1. The second kappa shape index (κ2) is 9.73. The van der Waals surface area contributed by atoms with E-state index < -0.39 is 0 Å². The highest BCUT2D eigenvalue weighted by molar-refractivity contribution is 4.74. The van der Waals surface area contributed by atoms with Crippen molar-refractivity contribution in [2.24, 2.45) is 5.73 Å². The van der Waals surface area contributed by atoms with E-state index in [0.29, 0.717) is 12.6 Å². The summed E-state index contributed by atoms with van der Waals surface area (Å²) in [6.45, 7) is 9.80. The molecule has 2 unspecified atom stereocenters. The third-order valence-corrected chi connectivity index (χ3v) is 3.45. The molecule has 2 atom stereocenters. The molecule has 0 saturated carbocycles. The zero-order chi connectivity index (χ0) is 13.2. The molecular weight excluding hydrogens is 228 g/mol. The summed E-state index contributed by atoms with van der Waals surface area (Å²) >= 11 is 0. The van der Waals surface area contributed by atoms with Crippen molar-refractivity contribution in [3.8, 4) is 0 Å². The second-order valence-corrected chi connectivity index (χ2v) is 5.04. The first-order valence-corrected chi connectivity index (χ1v) is 7.45. The summed E-state index contributed by atoms with van der Waals surface area (Å²) < 4.78 is 11.4. The predicted molar refractivity (Wildman–Crippen MR) is 74.8 cm³/mol. The van der Waals surface area contributed by atoms with Crippen LogP contribution in [0.2, 0.25) is 0 Å². The number of nitrogens with zero attached hydrogens (tertiary/aromatic N) is 1. The lowest BCUT2D eigenvalue weighted by Gasteiger charge is -2.33. The fraction of sp³-hybridized carbons (Fsp3) is 1.00. The first kappa shape index (κ1) is 15.9. The first-order chi connectivity index (χ1) is 8.80. The van der Waals surface area contributed by atoms with Crippen LogP contribution in [-0.2, 0) is 9.47 Å². The first-order valence-electron chi connectivity index (χ1n) is 7.45. The van der Waals surface area contributed by atoms with Gasteiger partial charge in [0.05, 0.1) is 12.2 Å². The summed E-state index contributed by atoms with van der Waals surface area (Å²) in [4.78, 5) is 2.49. The van der Waals surface area contributed by atoms with E-state index >= 15 is 0 Å². The van der Waals surface area contributed by atoms with E-state index in [4.69, 9.17) is 15.2 Å². The number of rotatable bonds is 9. The SMILES string of the molecule is CCCOC1CCCN(CCC(CN)OCC)C1. The minimum absolute atomic E-state index is 0.215. The van der Waals surface area contributed by atoms with Crippen LogP contribution in [0.1, 0.15) is 39.5 Å². The van der Waals surface area contributed by atoms with E-state index in [1.165, 1.54) is 19.4 Å². The standard InChI is InChI=1S/C14H30N2O2/c1-3-10-18-14-6-5-8-16(12-14)9-7-13(11-15)17-4-2/h13-14H,3-12,15H2,1-2H3. The maximum atomic E-state index is 5.85. The molecule has 4 nitrogen and oxygen atoms in total. The Morgan fingerprint density at radius 2 is 2.22 bits per heavy atom. The van der Waals surface area contributed by atoms with Gasteiger partial charge in [0.2, 0.25) is 0 Å². The number of likely N-dealkylation sites (tertiary alicyclic amines) is 1. The smallest absolute Gasteiger partial charge is 0.0709 e. The van der Waals surface area contributed by atoms with Crippen LogP contribution in [0.4, 0.5) is 0 Å². The number of hydrogen-bond acceptors (Lipinski definition) is 4. The van der Waals surface area contributed by atoms with Crippen LogP contribution < -0.4 is 5.73 Å². The molecule has 1 aliphatic rings. The monoisotopic (exact) mass is 258 g/mol. The van der Waals surface area contributed by atoms with Gasteiger partial charge in [-0.15, -0.1) is 0 Å². The van der Waals surface area contributed by atoms with Crippen LogP contribution in [-0.4, -0.2) is 56.5 Å². The van der Waals surface area contributed by atoms with Crippen LogP contribution in [0.25, 0.3) is 0 Å². The maximum absolute atomic E-state index is 5.85. The molecule has 0 aliphatic carbocycles. The molecule has 1 rings (SSSR count). The third-order valence-electron chi connectivity index (χ3n) is 3.45. The topological polar surface area (TPSA) is 47.7 Å². The molecule has 18 heavy (non-hydrogen) atoms. The van der Waals surface area contributed by atoms with E-state index in [-0.39, 0.29) is 6.10 Å².